The highest BCUT2D eigenvalue weighted by atomic mass is 35.5. The predicted molar refractivity (Wildman–Crippen MR) is 55.9 cm³/mol. The van der Waals surface area contributed by atoms with E-state index in [4.69, 9.17) is 11.6 Å². The van der Waals surface area contributed by atoms with E-state index in [9.17, 15) is 4.79 Å². The Balaban J connectivity index is 2.63. The van der Waals surface area contributed by atoms with Crippen LogP contribution in [0.25, 0.3) is 11.3 Å². The summed E-state index contributed by atoms with van der Waals surface area (Å²) in [6.45, 7) is 1.90. The molecule has 0 unspecified atom stereocenters. The summed E-state index contributed by atoms with van der Waals surface area (Å²) in [4.78, 5) is 10.8. The van der Waals surface area contributed by atoms with Crippen molar-refractivity contribution >= 4 is 17.9 Å². The zero-order valence-electron chi connectivity index (χ0n) is 8.28. The van der Waals surface area contributed by atoms with Gasteiger partial charge < -0.3 is 0 Å². The number of aromatic nitrogens is 4. The molecule has 0 fully saturated rings. The lowest BCUT2D eigenvalue weighted by Gasteiger charge is -1.97. The predicted octanol–water partition coefficient (Wildman–Crippen LogP) is 1.58. The van der Waals surface area contributed by atoms with Gasteiger partial charge in [-0.2, -0.15) is 10.2 Å². The summed E-state index contributed by atoms with van der Waals surface area (Å²) in [5.41, 5.74) is 2.65. The Morgan fingerprint density at radius 2 is 2.33 bits per heavy atom. The second kappa shape index (κ2) is 3.51. The quantitative estimate of drug-likeness (QED) is 0.788. The Morgan fingerprint density at radius 1 is 1.60 bits per heavy atom. The van der Waals surface area contributed by atoms with Crippen LogP contribution in [-0.2, 0) is 7.05 Å². The van der Waals surface area contributed by atoms with Crippen molar-refractivity contribution in [2.75, 3.05) is 0 Å². The van der Waals surface area contributed by atoms with Crippen molar-refractivity contribution in [1.82, 2.24) is 20.0 Å². The summed E-state index contributed by atoms with van der Waals surface area (Å²) >= 11 is 5.78. The van der Waals surface area contributed by atoms with Gasteiger partial charge in [0, 0.05) is 18.3 Å². The van der Waals surface area contributed by atoms with Gasteiger partial charge >= 0.3 is 0 Å². The maximum Gasteiger partial charge on any atom is 0.155 e. The highest BCUT2D eigenvalue weighted by molar-refractivity contribution is 6.32. The highest BCUT2D eigenvalue weighted by Crippen LogP contribution is 2.26. The van der Waals surface area contributed by atoms with Gasteiger partial charge in [-0.1, -0.05) is 11.6 Å². The standard InChI is InChI=1S/C9H9ClN4O/c1-5-6(3-11-14(5)2)8-7(4-15)9(10)13-12-8/h3-4H,1-2H3,(H,12,13). The maximum atomic E-state index is 10.8. The lowest BCUT2D eigenvalue weighted by molar-refractivity contribution is 0.112. The molecular formula is C9H9ClN4O. The summed E-state index contributed by atoms with van der Waals surface area (Å²) < 4.78 is 1.71. The summed E-state index contributed by atoms with van der Waals surface area (Å²) in [5.74, 6) is 0. The van der Waals surface area contributed by atoms with Crippen LogP contribution in [0.4, 0.5) is 0 Å². The van der Waals surface area contributed by atoms with E-state index in [1.165, 1.54) is 0 Å². The molecule has 0 aliphatic heterocycles. The van der Waals surface area contributed by atoms with Gasteiger partial charge in [0.15, 0.2) is 6.29 Å². The molecule has 2 heterocycles. The molecule has 1 N–H and O–H groups in total. The van der Waals surface area contributed by atoms with Crippen LogP contribution in [0.2, 0.25) is 5.15 Å². The second-order valence-corrected chi connectivity index (χ2v) is 3.56. The van der Waals surface area contributed by atoms with Crippen molar-refractivity contribution < 1.29 is 4.79 Å². The largest absolute Gasteiger partial charge is 0.298 e. The maximum absolute atomic E-state index is 10.8. The lowest BCUT2D eigenvalue weighted by Crippen LogP contribution is -1.93. The van der Waals surface area contributed by atoms with E-state index in [1.54, 1.807) is 10.9 Å². The molecule has 0 aliphatic carbocycles. The number of carbonyl (C=O) groups excluding carboxylic acids is 1. The summed E-state index contributed by atoms with van der Waals surface area (Å²) in [6, 6.07) is 0. The van der Waals surface area contributed by atoms with Crippen LogP contribution >= 0.6 is 11.6 Å². The van der Waals surface area contributed by atoms with Crippen molar-refractivity contribution in [3.05, 3.63) is 22.6 Å². The molecule has 78 valence electrons. The van der Waals surface area contributed by atoms with Crippen LogP contribution in [0.3, 0.4) is 0 Å². The lowest BCUT2D eigenvalue weighted by atomic mass is 10.1. The molecular weight excluding hydrogens is 216 g/mol. The van der Waals surface area contributed by atoms with E-state index in [2.05, 4.69) is 15.3 Å². The third-order valence-corrected chi connectivity index (χ3v) is 2.65. The first-order chi connectivity index (χ1) is 7.15. The van der Waals surface area contributed by atoms with E-state index in [1.807, 2.05) is 14.0 Å². The van der Waals surface area contributed by atoms with Gasteiger partial charge in [0.25, 0.3) is 0 Å². The Bertz CT molecular complexity index is 514. The van der Waals surface area contributed by atoms with Crippen LogP contribution in [0, 0.1) is 6.92 Å². The molecule has 6 heteroatoms. The van der Waals surface area contributed by atoms with Crippen LogP contribution in [0.15, 0.2) is 6.20 Å². The SMILES string of the molecule is Cc1c(-c2n[nH]c(Cl)c2C=O)cnn1C. The third-order valence-electron chi connectivity index (χ3n) is 2.37. The van der Waals surface area contributed by atoms with Gasteiger partial charge in [0.1, 0.15) is 10.8 Å². The number of nitrogens with one attached hydrogen (secondary N) is 1. The number of aromatic amines is 1. The zero-order chi connectivity index (χ0) is 11.0. The number of hydrogen-bond acceptors (Lipinski definition) is 3. The molecule has 0 saturated carbocycles. The average Bonchev–Trinajstić information content (AvgIpc) is 2.73. The molecule has 0 aliphatic rings. The van der Waals surface area contributed by atoms with Crippen LogP contribution < -0.4 is 0 Å². The summed E-state index contributed by atoms with van der Waals surface area (Å²) in [7, 11) is 1.83. The molecule has 0 amide bonds. The van der Waals surface area contributed by atoms with Crippen molar-refractivity contribution in [3.63, 3.8) is 0 Å². The Morgan fingerprint density at radius 3 is 2.87 bits per heavy atom. The van der Waals surface area contributed by atoms with E-state index < -0.39 is 0 Å². The minimum absolute atomic E-state index is 0.253. The van der Waals surface area contributed by atoms with Gasteiger partial charge in [-0.25, -0.2) is 0 Å². The normalized spacial score (nSPS) is 10.6. The van der Waals surface area contributed by atoms with Crippen molar-refractivity contribution in [2.24, 2.45) is 7.05 Å². The van der Waals surface area contributed by atoms with E-state index in [0.717, 1.165) is 11.3 Å². The number of rotatable bonds is 2. The molecule has 2 aromatic rings. The molecule has 0 aromatic carbocycles. The minimum Gasteiger partial charge on any atom is -0.298 e. The first-order valence-corrected chi connectivity index (χ1v) is 4.71. The number of aryl methyl sites for hydroxylation is 1. The number of H-pyrrole nitrogens is 1. The third kappa shape index (κ3) is 1.45. The van der Waals surface area contributed by atoms with E-state index in [-0.39, 0.29) is 5.15 Å². The first-order valence-electron chi connectivity index (χ1n) is 4.33. The fraction of sp³-hybridized carbons (Fsp3) is 0.222. The Kier molecular flexibility index (Phi) is 2.32. The Labute approximate surface area is 91.1 Å². The van der Waals surface area contributed by atoms with Crippen LogP contribution in [-0.4, -0.2) is 26.3 Å². The van der Waals surface area contributed by atoms with E-state index >= 15 is 0 Å². The fourth-order valence-corrected chi connectivity index (χ4v) is 1.55. The smallest absolute Gasteiger partial charge is 0.155 e. The highest BCUT2D eigenvalue weighted by Gasteiger charge is 2.16. The zero-order valence-corrected chi connectivity index (χ0v) is 9.04. The van der Waals surface area contributed by atoms with Crippen molar-refractivity contribution in [2.45, 2.75) is 6.92 Å². The van der Waals surface area contributed by atoms with Crippen molar-refractivity contribution in [3.8, 4) is 11.3 Å². The number of hydrogen-bond donors (Lipinski definition) is 1. The average molecular weight is 225 g/mol. The monoisotopic (exact) mass is 224 g/mol. The molecule has 0 atom stereocenters. The minimum atomic E-state index is 0.253. The molecule has 5 nitrogen and oxygen atoms in total. The molecule has 2 aromatic heterocycles. The fourth-order valence-electron chi connectivity index (χ4n) is 1.37. The van der Waals surface area contributed by atoms with Crippen molar-refractivity contribution in [1.29, 1.82) is 0 Å². The van der Waals surface area contributed by atoms with Gasteiger partial charge in [0.2, 0.25) is 0 Å². The molecule has 15 heavy (non-hydrogen) atoms. The Hall–Kier alpha value is -1.62. The summed E-state index contributed by atoms with van der Waals surface area (Å²) in [5, 5.41) is 10.9. The second-order valence-electron chi connectivity index (χ2n) is 3.18. The number of nitrogens with zero attached hydrogens (tertiary/aromatic N) is 3. The topological polar surface area (TPSA) is 63.6 Å². The molecule has 0 bridgehead atoms. The first kappa shape index (κ1) is 9.92. The molecule has 0 radical (unpaired) electrons. The number of aldehydes is 1. The summed E-state index contributed by atoms with van der Waals surface area (Å²) in [6.07, 6.45) is 2.35. The van der Waals surface area contributed by atoms with Gasteiger partial charge in [-0.15, -0.1) is 0 Å². The van der Waals surface area contributed by atoms with Gasteiger partial charge in [-0.3, -0.25) is 14.6 Å². The van der Waals surface area contributed by atoms with E-state index in [0.29, 0.717) is 17.5 Å². The van der Waals surface area contributed by atoms with Gasteiger partial charge in [-0.05, 0) is 6.92 Å². The van der Waals surface area contributed by atoms with Crippen LogP contribution in [0.5, 0.6) is 0 Å². The molecule has 0 spiro atoms. The molecule has 2 rings (SSSR count). The van der Waals surface area contributed by atoms with Crippen LogP contribution in [0.1, 0.15) is 16.1 Å². The molecule has 0 saturated heterocycles. The number of carbonyl (C=O) groups is 1. The van der Waals surface area contributed by atoms with Gasteiger partial charge in [0.05, 0.1) is 11.8 Å². The number of halogens is 1.